The van der Waals surface area contributed by atoms with Gasteiger partial charge in [0.1, 0.15) is 12.1 Å². The number of nitrogens with two attached hydrogens (primary N) is 2. The van der Waals surface area contributed by atoms with Crippen LogP contribution in [-0.4, -0.2) is 73.6 Å². The summed E-state index contributed by atoms with van der Waals surface area (Å²) < 4.78 is 32.8. The zero-order valence-corrected chi connectivity index (χ0v) is 16.5. The molecule has 0 amide bonds. The molecule has 14 nitrogen and oxygen atoms in total. The van der Waals surface area contributed by atoms with Gasteiger partial charge in [0.05, 0.1) is 0 Å². The topological polar surface area (TPSA) is 267 Å². The minimum absolute atomic E-state index is 0. The molecule has 0 saturated carbocycles. The Bertz CT molecular complexity index is 442. The van der Waals surface area contributed by atoms with Crippen molar-refractivity contribution in [2.75, 3.05) is 11.5 Å². The van der Waals surface area contributed by atoms with E-state index < -0.39 is 39.5 Å². The van der Waals surface area contributed by atoms with Crippen LogP contribution in [0.3, 0.4) is 0 Å². The Hall–Kier alpha value is -0.370. The summed E-state index contributed by atoms with van der Waals surface area (Å²) in [6.07, 6.45) is 0. The number of carboxylic acids is 2. The average Bonchev–Trinajstić information content (AvgIpc) is 2.30. The van der Waals surface area contributed by atoms with E-state index in [9.17, 15) is 9.59 Å². The molecule has 8 N–H and O–H groups in total. The van der Waals surface area contributed by atoms with E-state index in [1.165, 1.54) is 21.6 Å². The van der Waals surface area contributed by atoms with Crippen molar-refractivity contribution < 1.29 is 77.2 Å². The third-order valence-electron chi connectivity index (χ3n) is 1.21. The SMILES string of the molecule is N[C@@H](CSSC[C@H](N)C(=O)O)C(=O)O.O=S(=O)([O-])O.O=[N+]([O-])O.[Na+]. The second-order valence-electron chi connectivity index (χ2n) is 3.12. The minimum atomic E-state index is -4.92. The molecule has 0 unspecified atom stereocenters. The van der Waals surface area contributed by atoms with Gasteiger partial charge in [0.25, 0.3) is 5.09 Å². The number of carbonyl (C=O) groups is 2. The van der Waals surface area contributed by atoms with E-state index in [4.69, 9.17) is 54.5 Å². The molecular weight excluding hydrogens is 409 g/mol. The van der Waals surface area contributed by atoms with Gasteiger partial charge in [-0.05, 0) is 0 Å². The number of nitrogens with zero attached hydrogens (tertiary/aromatic N) is 1. The molecule has 0 aromatic carbocycles. The zero-order chi connectivity index (χ0) is 19.2. The molecule has 0 aliphatic heterocycles. The van der Waals surface area contributed by atoms with E-state index in [-0.39, 0.29) is 41.1 Å². The largest absolute Gasteiger partial charge is 1.00 e. The van der Waals surface area contributed by atoms with Crippen molar-refractivity contribution in [3.8, 4) is 0 Å². The Kier molecular flexibility index (Phi) is 22.8. The standard InChI is InChI=1S/C6H12N2O4S2.HNO3.Na.H2O4S/c7-3(5(9)10)1-13-14-2-4(8)6(11)12;2-1(3)4;;1-5(2,3)4/h3-4H,1-2,7-8H2,(H,9,10)(H,11,12);(H,2,3,4);;(H2,1,2,3,4)/q;;+1;/p-1/t3-,4-;;;/m0.../s1. The summed E-state index contributed by atoms with van der Waals surface area (Å²) >= 11 is 0. The van der Waals surface area contributed by atoms with Gasteiger partial charge < -0.3 is 31.4 Å². The van der Waals surface area contributed by atoms with Crippen LogP contribution in [0.2, 0.25) is 0 Å². The first kappa shape index (κ1) is 31.4. The Morgan fingerprint density at radius 1 is 1.08 bits per heavy atom. The molecule has 0 fully saturated rings. The van der Waals surface area contributed by atoms with E-state index >= 15 is 0 Å². The van der Waals surface area contributed by atoms with E-state index in [0.29, 0.717) is 0 Å². The van der Waals surface area contributed by atoms with E-state index in [1.54, 1.807) is 0 Å². The van der Waals surface area contributed by atoms with Crippen LogP contribution in [0.5, 0.6) is 0 Å². The molecule has 0 aromatic rings. The summed E-state index contributed by atoms with van der Waals surface area (Å²) in [6, 6.07) is -1.85. The van der Waals surface area contributed by atoms with Crippen LogP contribution in [0.25, 0.3) is 0 Å². The number of hydrogen-bond donors (Lipinski definition) is 6. The average molecular weight is 423 g/mol. The molecule has 0 radical (unpaired) electrons. The molecule has 24 heavy (non-hydrogen) atoms. The maximum atomic E-state index is 10.3. The quantitative estimate of drug-likeness (QED) is 0.0425. The monoisotopic (exact) mass is 423 g/mol. The van der Waals surface area contributed by atoms with Gasteiger partial charge in [-0.15, -0.1) is 10.1 Å². The van der Waals surface area contributed by atoms with Crippen molar-refractivity contribution in [3.63, 3.8) is 0 Å². The van der Waals surface area contributed by atoms with Crippen molar-refractivity contribution in [1.82, 2.24) is 0 Å². The molecule has 0 bridgehead atoms. The normalized spacial score (nSPS) is 12.0. The Morgan fingerprint density at radius 2 is 1.25 bits per heavy atom. The molecule has 2 atom stereocenters. The summed E-state index contributed by atoms with van der Waals surface area (Å²) in [5.41, 5.74) is 10.4. The Morgan fingerprint density at radius 3 is 1.38 bits per heavy atom. The van der Waals surface area contributed by atoms with Gasteiger partial charge in [-0.25, -0.2) is 8.42 Å². The van der Waals surface area contributed by atoms with Crippen LogP contribution in [0.1, 0.15) is 0 Å². The number of rotatable bonds is 7. The van der Waals surface area contributed by atoms with Gasteiger partial charge in [0, 0.05) is 11.5 Å². The van der Waals surface area contributed by atoms with Gasteiger partial charge in [0.2, 0.25) is 10.4 Å². The molecule has 0 aromatic heterocycles. The van der Waals surface area contributed by atoms with Gasteiger partial charge in [0.15, 0.2) is 0 Å². The predicted molar refractivity (Wildman–Crippen MR) is 77.2 cm³/mol. The van der Waals surface area contributed by atoms with Crippen LogP contribution >= 0.6 is 21.6 Å². The second kappa shape index (κ2) is 17.5. The third-order valence-corrected chi connectivity index (χ3v) is 3.69. The van der Waals surface area contributed by atoms with Gasteiger partial charge in [-0.1, -0.05) is 21.6 Å². The smallest absolute Gasteiger partial charge is 0.726 e. The molecular formula is C6H14N3NaO11S3. The molecule has 138 valence electrons. The minimum Gasteiger partial charge on any atom is -0.726 e. The molecule has 0 saturated heterocycles. The van der Waals surface area contributed by atoms with E-state index in [1.807, 2.05) is 0 Å². The molecule has 0 aliphatic carbocycles. The van der Waals surface area contributed by atoms with Gasteiger partial charge >= 0.3 is 41.5 Å². The molecule has 0 aliphatic rings. The number of carboxylic acid groups (broad SMARTS) is 2. The molecule has 0 spiro atoms. The number of aliphatic carboxylic acids is 2. The predicted octanol–water partition coefficient (Wildman–Crippen LogP) is -5.15. The first-order valence-corrected chi connectivity index (χ1v) is 8.76. The molecule has 18 heteroatoms. The summed E-state index contributed by atoms with van der Waals surface area (Å²) in [5.74, 6) is -1.68. The number of hydrogen-bond acceptors (Lipinski definition) is 11. The first-order valence-electron chi connectivity index (χ1n) is 4.91. The Balaban J connectivity index is -0.000000166. The fourth-order valence-corrected chi connectivity index (χ4v) is 2.61. The second-order valence-corrected chi connectivity index (χ2v) is 6.53. The zero-order valence-electron chi connectivity index (χ0n) is 12.0. The van der Waals surface area contributed by atoms with Crippen LogP contribution in [0.4, 0.5) is 0 Å². The van der Waals surface area contributed by atoms with Crippen molar-refractivity contribution in [1.29, 1.82) is 0 Å². The maximum absolute atomic E-state index is 10.3. The summed E-state index contributed by atoms with van der Waals surface area (Å²) in [4.78, 5) is 28.9. The summed E-state index contributed by atoms with van der Waals surface area (Å²) in [6.45, 7) is 0. The van der Waals surface area contributed by atoms with Crippen LogP contribution in [0.15, 0.2) is 0 Å². The van der Waals surface area contributed by atoms with Crippen LogP contribution in [0, 0.1) is 10.1 Å². The molecule has 0 heterocycles. The van der Waals surface area contributed by atoms with Crippen molar-refractivity contribution in [2.45, 2.75) is 12.1 Å². The maximum Gasteiger partial charge on any atom is 1.00 e. The third kappa shape index (κ3) is 43.0. The first-order chi connectivity index (χ1) is 10.2. The van der Waals surface area contributed by atoms with Gasteiger partial charge in [-0.2, -0.15) is 0 Å². The van der Waals surface area contributed by atoms with E-state index in [2.05, 4.69) is 0 Å². The van der Waals surface area contributed by atoms with Crippen LogP contribution in [-0.2, 0) is 20.0 Å². The summed E-state index contributed by atoms with van der Waals surface area (Å²) in [7, 11) is -2.51. The van der Waals surface area contributed by atoms with E-state index in [0.717, 1.165) is 0 Å². The Labute approximate surface area is 165 Å². The fraction of sp³-hybridized carbons (Fsp3) is 0.667. The fourth-order valence-electron chi connectivity index (χ4n) is 0.385. The van der Waals surface area contributed by atoms with Crippen molar-refractivity contribution in [2.24, 2.45) is 11.5 Å². The van der Waals surface area contributed by atoms with Crippen molar-refractivity contribution in [3.05, 3.63) is 10.1 Å². The summed E-state index contributed by atoms with van der Waals surface area (Å²) in [5, 5.41) is 30.5. The van der Waals surface area contributed by atoms with Crippen molar-refractivity contribution >= 4 is 43.9 Å². The van der Waals surface area contributed by atoms with Gasteiger partial charge in [-0.3, -0.25) is 14.1 Å². The van der Waals surface area contributed by atoms with Crippen LogP contribution < -0.4 is 41.0 Å². The molecule has 0 rings (SSSR count).